The van der Waals surface area contributed by atoms with E-state index in [-0.39, 0.29) is 23.5 Å². The number of pyridine rings is 1. The zero-order valence-electron chi connectivity index (χ0n) is 16.7. The van der Waals surface area contributed by atoms with Crippen LogP contribution in [-0.2, 0) is 30.7 Å². The van der Waals surface area contributed by atoms with Gasteiger partial charge in [0.15, 0.2) is 9.84 Å². The summed E-state index contributed by atoms with van der Waals surface area (Å²) < 4.78 is 39.5. The molecule has 1 amide bonds. The second-order valence-electron chi connectivity index (χ2n) is 8.20. The Labute approximate surface area is 170 Å². The number of morpholine rings is 1. The van der Waals surface area contributed by atoms with Gasteiger partial charge < -0.3 is 19.5 Å². The van der Waals surface area contributed by atoms with Gasteiger partial charge in [0, 0.05) is 37.8 Å². The second kappa shape index (κ2) is 7.82. The normalized spacial score (nSPS) is 29.5. The summed E-state index contributed by atoms with van der Waals surface area (Å²) in [6.07, 6.45) is 1.68. The number of aryl methyl sites for hydroxylation is 1. The number of amides is 1. The number of sulfone groups is 1. The van der Waals surface area contributed by atoms with Crippen LogP contribution in [0, 0.1) is 6.92 Å². The van der Waals surface area contributed by atoms with Crippen LogP contribution in [0.25, 0.3) is 0 Å². The third-order valence-electron chi connectivity index (χ3n) is 5.67. The van der Waals surface area contributed by atoms with E-state index in [0.29, 0.717) is 32.1 Å². The summed E-state index contributed by atoms with van der Waals surface area (Å²) in [6.45, 7) is 5.09. The first-order chi connectivity index (χ1) is 13.8. The Morgan fingerprint density at radius 1 is 1.45 bits per heavy atom. The van der Waals surface area contributed by atoms with Crippen molar-refractivity contribution in [2.75, 3.05) is 44.9 Å². The minimum atomic E-state index is -2.97. The van der Waals surface area contributed by atoms with Crippen molar-refractivity contribution in [3.8, 4) is 5.88 Å². The summed E-state index contributed by atoms with van der Waals surface area (Å²) in [4.78, 5) is 19.1. The van der Waals surface area contributed by atoms with E-state index in [2.05, 4.69) is 21.3 Å². The number of hydrogen-bond donors (Lipinski definition) is 1. The van der Waals surface area contributed by atoms with Gasteiger partial charge >= 0.3 is 0 Å². The van der Waals surface area contributed by atoms with Crippen molar-refractivity contribution in [1.29, 1.82) is 0 Å². The standard InChI is InChI=1S/C19H27N3O6S/c1-13-5-14(7-20-18(13)26-2)8-22-3-4-28-19(11-22)6-16(27-12-19)17(23)21-15-9-29(24,25)10-15/h5,7,15-16H,3-4,6,8-12H2,1-2H3,(H,21,23)/t16-,19-/m1/s1. The fourth-order valence-corrected chi connectivity index (χ4v) is 5.56. The summed E-state index contributed by atoms with van der Waals surface area (Å²) in [5.41, 5.74) is 1.58. The lowest BCUT2D eigenvalue weighted by atomic mass is 9.97. The van der Waals surface area contributed by atoms with Gasteiger partial charge in [-0.25, -0.2) is 13.4 Å². The molecular formula is C19H27N3O6S. The molecule has 1 N–H and O–H groups in total. The fraction of sp³-hybridized carbons (Fsp3) is 0.684. The Hall–Kier alpha value is -1.75. The van der Waals surface area contributed by atoms with Crippen molar-refractivity contribution in [3.05, 3.63) is 23.4 Å². The van der Waals surface area contributed by atoms with Crippen molar-refractivity contribution in [2.45, 2.75) is 37.6 Å². The van der Waals surface area contributed by atoms with E-state index in [0.717, 1.165) is 24.2 Å². The fourth-order valence-electron chi connectivity index (χ4n) is 4.27. The van der Waals surface area contributed by atoms with Crippen LogP contribution in [0.3, 0.4) is 0 Å². The van der Waals surface area contributed by atoms with E-state index >= 15 is 0 Å². The first-order valence-electron chi connectivity index (χ1n) is 9.76. The van der Waals surface area contributed by atoms with Gasteiger partial charge in [0.2, 0.25) is 11.8 Å². The molecule has 1 spiro atoms. The molecule has 0 aliphatic carbocycles. The van der Waals surface area contributed by atoms with Gasteiger partial charge in [-0.3, -0.25) is 9.69 Å². The highest BCUT2D eigenvalue weighted by Gasteiger charge is 2.47. The molecule has 9 nitrogen and oxygen atoms in total. The molecule has 4 rings (SSSR count). The highest BCUT2D eigenvalue weighted by atomic mass is 32.2. The lowest BCUT2D eigenvalue weighted by Crippen LogP contribution is -2.55. The van der Waals surface area contributed by atoms with Crippen LogP contribution in [0.2, 0.25) is 0 Å². The smallest absolute Gasteiger partial charge is 0.249 e. The number of rotatable bonds is 5. The van der Waals surface area contributed by atoms with Crippen LogP contribution in [0.15, 0.2) is 12.3 Å². The molecule has 10 heteroatoms. The number of aromatic nitrogens is 1. The van der Waals surface area contributed by atoms with Gasteiger partial charge in [-0.2, -0.15) is 0 Å². The zero-order valence-corrected chi connectivity index (χ0v) is 17.5. The Bertz CT molecular complexity index is 880. The molecule has 0 unspecified atom stereocenters. The lowest BCUT2D eigenvalue weighted by Gasteiger charge is -2.39. The average molecular weight is 426 g/mol. The largest absolute Gasteiger partial charge is 0.481 e. The summed E-state index contributed by atoms with van der Waals surface area (Å²) in [5.74, 6) is 0.397. The van der Waals surface area contributed by atoms with E-state index < -0.39 is 21.5 Å². The molecule has 0 saturated carbocycles. The quantitative estimate of drug-likeness (QED) is 0.684. The molecular weight excluding hydrogens is 398 g/mol. The predicted molar refractivity (Wildman–Crippen MR) is 104 cm³/mol. The van der Waals surface area contributed by atoms with Gasteiger partial charge in [-0.15, -0.1) is 0 Å². The summed E-state index contributed by atoms with van der Waals surface area (Å²) in [5, 5.41) is 2.77. The maximum Gasteiger partial charge on any atom is 0.249 e. The molecule has 0 aromatic carbocycles. The van der Waals surface area contributed by atoms with Crippen LogP contribution in [-0.4, -0.2) is 86.9 Å². The van der Waals surface area contributed by atoms with Gasteiger partial charge in [0.1, 0.15) is 11.7 Å². The van der Waals surface area contributed by atoms with E-state index in [9.17, 15) is 13.2 Å². The molecule has 3 saturated heterocycles. The molecule has 3 aliphatic heterocycles. The Morgan fingerprint density at radius 2 is 2.24 bits per heavy atom. The molecule has 3 aliphatic rings. The van der Waals surface area contributed by atoms with Crippen molar-refractivity contribution < 1.29 is 27.4 Å². The Kier molecular flexibility index (Phi) is 5.54. The van der Waals surface area contributed by atoms with E-state index in [4.69, 9.17) is 14.2 Å². The summed E-state index contributed by atoms with van der Waals surface area (Å²) >= 11 is 0. The lowest BCUT2D eigenvalue weighted by molar-refractivity contribution is -0.130. The molecule has 160 valence electrons. The molecule has 1 aromatic rings. The summed E-state index contributed by atoms with van der Waals surface area (Å²) in [6, 6.07) is 1.77. The molecule has 4 heterocycles. The van der Waals surface area contributed by atoms with Gasteiger partial charge in [0.25, 0.3) is 0 Å². The third kappa shape index (κ3) is 4.55. The Morgan fingerprint density at radius 3 is 2.93 bits per heavy atom. The maximum absolute atomic E-state index is 12.4. The van der Waals surface area contributed by atoms with Crippen LogP contribution in [0.4, 0.5) is 0 Å². The molecule has 3 fully saturated rings. The van der Waals surface area contributed by atoms with Crippen LogP contribution < -0.4 is 10.1 Å². The number of carbonyl (C=O) groups excluding carboxylic acids is 1. The van der Waals surface area contributed by atoms with Gasteiger partial charge in [-0.05, 0) is 18.6 Å². The highest BCUT2D eigenvalue weighted by Crippen LogP contribution is 2.32. The van der Waals surface area contributed by atoms with E-state index in [1.165, 1.54) is 0 Å². The third-order valence-corrected chi connectivity index (χ3v) is 7.49. The van der Waals surface area contributed by atoms with E-state index in [1.54, 1.807) is 7.11 Å². The molecule has 29 heavy (non-hydrogen) atoms. The van der Waals surface area contributed by atoms with E-state index in [1.807, 2.05) is 13.1 Å². The van der Waals surface area contributed by atoms with Crippen molar-refractivity contribution in [3.63, 3.8) is 0 Å². The zero-order chi connectivity index (χ0) is 20.6. The first-order valence-corrected chi connectivity index (χ1v) is 11.6. The number of nitrogens with one attached hydrogen (secondary N) is 1. The predicted octanol–water partition coefficient (Wildman–Crippen LogP) is -0.328. The molecule has 2 atom stereocenters. The highest BCUT2D eigenvalue weighted by molar-refractivity contribution is 7.92. The van der Waals surface area contributed by atoms with Crippen molar-refractivity contribution in [1.82, 2.24) is 15.2 Å². The molecule has 0 bridgehead atoms. The topological polar surface area (TPSA) is 107 Å². The maximum atomic E-state index is 12.4. The Balaban J connectivity index is 1.33. The van der Waals surface area contributed by atoms with Crippen molar-refractivity contribution in [2.24, 2.45) is 0 Å². The number of nitrogens with zero attached hydrogens (tertiary/aromatic N) is 2. The minimum absolute atomic E-state index is 0.0101. The number of hydrogen-bond acceptors (Lipinski definition) is 8. The first kappa shape index (κ1) is 20.5. The number of methoxy groups -OCH3 is 1. The molecule has 1 aromatic heterocycles. The SMILES string of the molecule is COc1ncc(CN2CCO[C@@]3(CO[C@@H](C(=O)NC4CS(=O)(=O)C4)C3)C2)cc1C. The van der Waals surface area contributed by atoms with Gasteiger partial charge in [-0.1, -0.05) is 0 Å². The number of ether oxygens (including phenoxy) is 3. The minimum Gasteiger partial charge on any atom is -0.481 e. The van der Waals surface area contributed by atoms with Crippen LogP contribution >= 0.6 is 0 Å². The average Bonchev–Trinajstić information content (AvgIpc) is 3.04. The van der Waals surface area contributed by atoms with Crippen LogP contribution in [0.1, 0.15) is 17.5 Å². The van der Waals surface area contributed by atoms with Crippen LogP contribution in [0.5, 0.6) is 5.88 Å². The monoisotopic (exact) mass is 425 g/mol. The molecule has 0 radical (unpaired) electrons. The van der Waals surface area contributed by atoms with Gasteiger partial charge in [0.05, 0.1) is 37.9 Å². The second-order valence-corrected chi connectivity index (χ2v) is 10.4. The number of carbonyl (C=O) groups is 1. The van der Waals surface area contributed by atoms with Crippen molar-refractivity contribution >= 4 is 15.7 Å². The summed E-state index contributed by atoms with van der Waals surface area (Å²) in [7, 11) is -1.36.